The van der Waals surface area contributed by atoms with E-state index in [0.29, 0.717) is 24.3 Å². The van der Waals surface area contributed by atoms with Crippen molar-refractivity contribution < 1.29 is 19.4 Å². The van der Waals surface area contributed by atoms with Crippen molar-refractivity contribution in [1.82, 2.24) is 10.3 Å². The van der Waals surface area contributed by atoms with Gasteiger partial charge in [0.25, 0.3) is 5.91 Å². The molecule has 0 bridgehead atoms. The van der Waals surface area contributed by atoms with Gasteiger partial charge < -0.3 is 15.2 Å². The van der Waals surface area contributed by atoms with Crippen LogP contribution in [0.4, 0.5) is 0 Å². The van der Waals surface area contributed by atoms with Crippen LogP contribution in [0.2, 0.25) is 0 Å². The zero-order chi connectivity index (χ0) is 26.4. The second kappa shape index (κ2) is 11.1. The first-order valence-electron chi connectivity index (χ1n) is 12.2. The molecule has 6 heteroatoms. The molecule has 1 heterocycles. The minimum Gasteiger partial charge on any atom is -0.478 e. The maximum atomic E-state index is 12.7. The molecule has 0 spiro atoms. The molecular weight excluding hydrogens is 464 g/mol. The quantitative estimate of drug-likeness (QED) is 0.301. The summed E-state index contributed by atoms with van der Waals surface area (Å²) in [4.78, 5) is 28.5. The van der Waals surface area contributed by atoms with Crippen LogP contribution < -0.4 is 10.1 Å². The number of nitrogens with zero attached hydrogens (tertiary/aromatic N) is 1. The molecule has 4 rings (SSSR count). The predicted molar refractivity (Wildman–Crippen MR) is 145 cm³/mol. The number of aliphatic carboxylic acids is 1. The van der Waals surface area contributed by atoms with E-state index in [-0.39, 0.29) is 5.91 Å². The average molecular weight is 495 g/mol. The Morgan fingerprint density at radius 2 is 1.65 bits per heavy atom. The highest BCUT2D eigenvalue weighted by Crippen LogP contribution is 2.33. The van der Waals surface area contributed by atoms with E-state index < -0.39 is 11.6 Å². The minimum atomic E-state index is -1.30. The monoisotopic (exact) mass is 494 g/mol. The highest BCUT2D eigenvalue weighted by molar-refractivity contribution is 5.95. The zero-order valence-electron chi connectivity index (χ0n) is 21.2. The Morgan fingerprint density at radius 3 is 2.30 bits per heavy atom. The fourth-order valence-electron chi connectivity index (χ4n) is 4.04. The highest BCUT2D eigenvalue weighted by Gasteiger charge is 2.29. The smallest absolute Gasteiger partial charge is 0.347 e. The van der Waals surface area contributed by atoms with Crippen molar-refractivity contribution in [2.75, 3.05) is 6.54 Å². The van der Waals surface area contributed by atoms with Gasteiger partial charge in [0.15, 0.2) is 5.60 Å². The molecule has 4 aromatic rings. The third kappa shape index (κ3) is 6.22. The summed E-state index contributed by atoms with van der Waals surface area (Å²) in [6, 6.07) is 26.9. The molecule has 0 radical (unpaired) electrons. The molecule has 0 aliphatic rings. The number of ether oxygens (including phenoxy) is 1. The number of carbonyl (C=O) groups excluding carboxylic acids is 1. The molecular formula is C31H30N2O4. The van der Waals surface area contributed by atoms with Gasteiger partial charge in [-0.1, -0.05) is 48.5 Å². The van der Waals surface area contributed by atoms with E-state index in [1.54, 1.807) is 18.3 Å². The standard InChI is InChI=1S/C31H30N2O4/c1-21-7-6-8-26(28(21)27-9-4-5-19-32-27)23-12-14-24(15-13-23)29(34)33-20-18-22-10-16-25(17-11-22)37-31(2,3)30(35)36/h4-17,19H,18,20H2,1-3H3,(H,33,34)(H,35,36). The van der Waals surface area contributed by atoms with Gasteiger partial charge in [0.2, 0.25) is 0 Å². The summed E-state index contributed by atoms with van der Waals surface area (Å²) in [5.41, 5.74) is 5.55. The summed E-state index contributed by atoms with van der Waals surface area (Å²) >= 11 is 0. The maximum absolute atomic E-state index is 12.7. The van der Waals surface area contributed by atoms with E-state index in [2.05, 4.69) is 29.4 Å². The maximum Gasteiger partial charge on any atom is 0.347 e. The molecule has 3 aromatic carbocycles. The van der Waals surface area contributed by atoms with E-state index in [1.807, 2.05) is 60.7 Å². The molecule has 0 aliphatic heterocycles. The Labute approximate surface area is 217 Å². The van der Waals surface area contributed by atoms with Crippen LogP contribution in [-0.4, -0.2) is 34.1 Å². The van der Waals surface area contributed by atoms with Gasteiger partial charge in [-0.3, -0.25) is 9.78 Å². The lowest BCUT2D eigenvalue weighted by atomic mass is 9.93. The van der Waals surface area contributed by atoms with Crippen LogP contribution in [0.15, 0.2) is 91.1 Å². The number of aryl methyl sites for hydroxylation is 1. The lowest BCUT2D eigenvalue weighted by Gasteiger charge is -2.21. The van der Waals surface area contributed by atoms with Crippen LogP contribution >= 0.6 is 0 Å². The number of benzene rings is 3. The average Bonchev–Trinajstić information content (AvgIpc) is 2.90. The van der Waals surface area contributed by atoms with Gasteiger partial charge in [0.1, 0.15) is 5.75 Å². The number of aromatic nitrogens is 1. The number of hydrogen-bond donors (Lipinski definition) is 2. The lowest BCUT2D eigenvalue weighted by Crippen LogP contribution is -2.37. The molecule has 2 N–H and O–H groups in total. The summed E-state index contributed by atoms with van der Waals surface area (Å²) in [5.74, 6) is -0.677. The van der Waals surface area contributed by atoms with Crippen molar-refractivity contribution >= 4 is 11.9 Å². The molecule has 0 saturated heterocycles. The van der Waals surface area contributed by atoms with Gasteiger partial charge in [-0.05, 0) is 85.8 Å². The van der Waals surface area contributed by atoms with Crippen molar-refractivity contribution in [3.05, 3.63) is 108 Å². The molecule has 6 nitrogen and oxygen atoms in total. The lowest BCUT2D eigenvalue weighted by molar-refractivity contribution is -0.152. The van der Waals surface area contributed by atoms with Crippen molar-refractivity contribution in [3.8, 4) is 28.1 Å². The van der Waals surface area contributed by atoms with Gasteiger partial charge in [-0.25, -0.2) is 4.79 Å². The normalized spacial score (nSPS) is 11.1. The fourth-order valence-corrected chi connectivity index (χ4v) is 4.04. The number of hydrogen-bond acceptors (Lipinski definition) is 4. The Balaban J connectivity index is 1.37. The zero-order valence-corrected chi connectivity index (χ0v) is 21.2. The van der Waals surface area contributed by atoms with Crippen LogP contribution in [0, 0.1) is 6.92 Å². The largest absolute Gasteiger partial charge is 0.478 e. The Kier molecular flexibility index (Phi) is 7.68. The molecule has 0 aliphatic carbocycles. The molecule has 188 valence electrons. The number of carboxylic acid groups (broad SMARTS) is 1. The minimum absolute atomic E-state index is 0.135. The molecule has 0 atom stereocenters. The van der Waals surface area contributed by atoms with Crippen molar-refractivity contribution in [2.45, 2.75) is 32.8 Å². The van der Waals surface area contributed by atoms with Crippen LogP contribution in [0.1, 0.15) is 35.3 Å². The van der Waals surface area contributed by atoms with E-state index in [0.717, 1.165) is 33.5 Å². The van der Waals surface area contributed by atoms with Crippen LogP contribution in [-0.2, 0) is 11.2 Å². The summed E-state index contributed by atoms with van der Waals surface area (Å²) in [5, 5.41) is 12.2. The first-order chi connectivity index (χ1) is 17.7. The Bertz CT molecular complexity index is 1380. The van der Waals surface area contributed by atoms with Gasteiger partial charge in [-0.15, -0.1) is 0 Å². The SMILES string of the molecule is Cc1cccc(-c2ccc(C(=O)NCCc3ccc(OC(C)(C)C(=O)O)cc3)cc2)c1-c1ccccn1. The summed E-state index contributed by atoms with van der Waals surface area (Å²) < 4.78 is 5.53. The van der Waals surface area contributed by atoms with Gasteiger partial charge in [-0.2, -0.15) is 0 Å². The van der Waals surface area contributed by atoms with Gasteiger partial charge >= 0.3 is 5.97 Å². The Morgan fingerprint density at radius 1 is 0.919 bits per heavy atom. The molecule has 1 aromatic heterocycles. The van der Waals surface area contributed by atoms with E-state index in [4.69, 9.17) is 4.74 Å². The molecule has 37 heavy (non-hydrogen) atoms. The number of pyridine rings is 1. The van der Waals surface area contributed by atoms with E-state index in [1.165, 1.54) is 13.8 Å². The predicted octanol–water partition coefficient (Wildman–Crippen LogP) is 5.94. The van der Waals surface area contributed by atoms with Crippen molar-refractivity contribution in [1.29, 1.82) is 0 Å². The second-order valence-electron chi connectivity index (χ2n) is 9.36. The molecule has 1 amide bonds. The topological polar surface area (TPSA) is 88.5 Å². The van der Waals surface area contributed by atoms with Crippen molar-refractivity contribution in [2.24, 2.45) is 0 Å². The first-order valence-corrected chi connectivity index (χ1v) is 12.2. The first kappa shape index (κ1) is 25.6. The molecule has 0 unspecified atom stereocenters. The number of rotatable bonds is 9. The third-order valence-corrected chi connectivity index (χ3v) is 6.16. The summed E-state index contributed by atoms with van der Waals surface area (Å²) in [6.07, 6.45) is 2.43. The van der Waals surface area contributed by atoms with Crippen molar-refractivity contribution in [3.63, 3.8) is 0 Å². The number of carboxylic acids is 1. The number of carbonyl (C=O) groups is 2. The molecule has 0 saturated carbocycles. The van der Waals surface area contributed by atoms with Crippen LogP contribution in [0.25, 0.3) is 22.4 Å². The van der Waals surface area contributed by atoms with E-state index >= 15 is 0 Å². The van der Waals surface area contributed by atoms with Crippen LogP contribution in [0.3, 0.4) is 0 Å². The Hall–Kier alpha value is -4.45. The summed E-state index contributed by atoms with van der Waals surface area (Å²) in [7, 11) is 0. The summed E-state index contributed by atoms with van der Waals surface area (Å²) in [6.45, 7) is 5.56. The van der Waals surface area contributed by atoms with Crippen LogP contribution in [0.5, 0.6) is 5.75 Å². The third-order valence-electron chi connectivity index (χ3n) is 6.16. The van der Waals surface area contributed by atoms with Gasteiger partial charge in [0.05, 0.1) is 5.69 Å². The van der Waals surface area contributed by atoms with E-state index in [9.17, 15) is 14.7 Å². The number of nitrogens with one attached hydrogen (secondary N) is 1. The number of amides is 1. The van der Waals surface area contributed by atoms with Gasteiger partial charge in [0, 0.05) is 23.9 Å². The highest BCUT2D eigenvalue weighted by atomic mass is 16.5. The second-order valence-corrected chi connectivity index (χ2v) is 9.36. The molecule has 0 fully saturated rings. The fraction of sp³-hybridized carbons (Fsp3) is 0.194.